The zero-order valence-corrected chi connectivity index (χ0v) is 32.0. The number of benzene rings is 3. The Morgan fingerprint density at radius 1 is 0.981 bits per heavy atom. The van der Waals surface area contributed by atoms with Crippen molar-refractivity contribution in [2.45, 2.75) is 32.8 Å². The van der Waals surface area contributed by atoms with E-state index in [0.29, 0.717) is 44.4 Å². The first-order valence-electron chi connectivity index (χ1n) is 17.2. The Morgan fingerprint density at radius 2 is 1.74 bits per heavy atom. The third kappa shape index (κ3) is 8.08. The summed E-state index contributed by atoms with van der Waals surface area (Å²) in [5.74, 6) is 1.34. The fourth-order valence-corrected chi connectivity index (χ4v) is 7.76. The molecule has 0 atom stereocenters. The van der Waals surface area contributed by atoms with Crippen molar-refractivity contribution >= 4 is 77.6 Å². The number of anilines is 6. The minimum Gasteiger partial charge on any atom is -0.494 e. The number of methoxy groups -OCH3 is 1. The normalized spacial score (nSPS) is 15.2. The van der Waals surface area contributed by atoms with Crippen LogP contribution in [0.2, 0.25) is 0 Å². The molecule has 0 aliphatic carbocycles. The SMILES string of the molecule is CCc1cc(Nc2ncc(Br)c(Nc3ccc4nccnc4c3NS(C)(=O)=O)n2)c(OC)cc1N1CCC2(CC1)CN(C(=O)OCc1ccccc1)C2. The molecule has 1 amide bonds. The predicted molar refractivity (Wildman–Crippen MR) is 209 cm³/mol. The van der Waals surface area contributed by atoms with Crippen molar-refractivity contribution in [1.82, 2.24) is 24.8 Å². The van der Waals surface area contributed by atoms with Gasteiger partial charge in [0.1, 0.15) is 23.7 Å². The lowest BCUT2D eigenvalue weighted by atomic mass is 9.72. The van der Waals surface area contributed by atoms with Crippen molar-refractivity contribution in [2.24, 2.45) is 5.41 Å². The summed E-state index contributed by atoms with van der Waals surface area (Å²) in [5.41, 5.74) is 5.68. The average molecular weight is 803 g/mol. The summed E-state index contributed by atoms with van der Waals surface area (Å²) in [6.45, 7) is 5.59. The lowest BCUT2D eigenvalue weighted by molar-refractivity contribution is -0.0198. The summed E-state index contributed by atoms with van der Waals surface area (Å²) in [6.07, 6.45) is 8.24. The molecule has 2 aromatic heterocycles. The number of amides is 1. The fraction of sp³-hybridized carbons (Fsp3) is 0.324. The van der Waals surface area contributed by atoms with Crippen molar-refractivity contribution in [3.8, 4) is 5.75 Å². The zero-order chi connectivity index (χ0) is 37.2. The van der Waals surface area contributed by atoms with Gasteiger partial charge in [0.15, 0.2) is 0 Å². The number of hydrogen-bond donors (Lipinski definition) is 3. The molecular formula is C37H40BrN9O5S. The molecule has 2 aliphatic heterocycles. The van der Waals surface area contributed by atoms with Crippen LogP contribution in [-0.2, 0) is 27.8 Å². The van der Waals surface area contributed by atoms with Gasteiger partial charge in [-0.15, -0.1) is 0 Å². The Morgan fingerprint density at radius 3 is 2.45 bits per heavy atom. The van der Waals surface area contributed by atoms with Crippen LogP contribution in [0.1, 0.15) is 30.9 Å². The van der Waals surface area contributed by atoms with Gasteiger partial charge in [-0.3, -0.25) is 14.7 Å². The van der Waals surface area contributed by atoms with E-state index in [9.17, 15) is 13.2 Å². The Bertz CT molecular complexity index is 2250. The number of sulfonamides is 1. The van der Waals surface area contributed by atoms with E-state index in [4.69, 9.17) is 14.5 Å². The summed E-state index contributed by atoms with van der Waals surface area (Å²) in [6, 6.07) is 17.3. The summed E-state index contributed by atoms with van der Waals surface area (Å²) >= 11 is 3.52. The lowest BCUT2D eigenvalue weighted by Gasteiger charge is -2.53. The summed E-state index contributed by atoms with van der Waals surface area (Å²) in [7, 11) is -2.01. The van der Waals surface area contributed by atoms with E-state index in [1.165, 1.54) is 6.20 Å². The number of ether oxygens (including phenoxy) is 2. The quantitative estimate of drug-likeness (QED) is 0.128. The Labute approximate surface area is 316 Å². The molecule has 2 aliphatic rings. The van der Waals surface area contributed by atoms with Gasteiger partial charge in [0, 0.05) is 61.9 Å². The molecule has 3 N–H and O–H groups in total. The van der Waals surface area contributed by atoms with Gasteiger partial charge in [0.2, 0.25) is 16.0 Å². The van der Waals surface area contributed by atoms with E-state index in [0.717, 1.165) is 68.5 Å². The van der Waals surface area contributed by atoms with E-state index in [-0.39, 0.29) is 23.8 Å². The van der Waals surface area contributed by atoms with Crippen molar-refractivity contribution in [2.75, 3.05) is 59.8 Å². The number of hydrogen-bond acceptors (Lipinski definition) is 12. The highest BCUT2D eigenvalue weighted by molar-refractivity contribution is 9.10. The van der Waals surface area contributed by atoms with Crippen LogP contribution in [0.3, 0.4) is 0 Å². The number of nitrogens with zero attached hydrogens (tertiary/aromatic N) is 6. The van der Waals surface area contributed by atoms with Crippen LogP contribution in [0.5, 0.6) is 5.75 Å². The second kappa shape index (κ2) is 15.0. The minimum absolute atomic E-state index is 0.118. The molecule has 7 rings (SSSR count). The van der Waals surface area contributed by atoms with Crippen LogP contribution < -0.4 is 25.0 Å². The topological polar surface area (TPSA) is 164 Å². The molecule has 276 valence electrons. The highest BCUT2D eigenvalue weighted by Crippen LogP contribution is 2.44. The van der Waals surface area contributed by atoms with Crippen LogP contribution in [0, 0.1) is 5.41 Å². The van der Waals surface area contributed by atoms with Crippen LogP contribution >= 0.6 is 15.9 Å². The summed E-state index contributed by atoms with van der Waals surface area (Å²) in [5, 5.41) is 6.55. The van der Waals surface area contributed by atoms with Gasteiger partial charge >= 0.3 is 6.09 Å². The van der Waals surface area contributed by atoms with Gasteiger partial charge in [-0.25, -0.2) is 18.2 Å². The zero-order valence-electron chi connectivity index (χ0n) is 29.6. The molecule has 4 heterocycles. The number of carbonyl (C=O) groups is 1. The standard InChI is InChI=1S/C37H40BrN9O5S/c1-4-25-18-29(43-35-41-20-26(38)34(44-35)42-28-11-10-27-32(40-15-14-39-27)33(28)45-53(3,49)50)31(51-2)19-30(25)46-16-12-37(13-17-46)22-47(23-37)36(48)52-21-24-8-6-5-7-9-24/h5-11,14-15,18-20,45H,4,12-13,16-17,21-23H2,1-3H3,(H2,41,42,43,44). The summed E-state index contributed by atoms with van der Waals surface area (Å²) in [4.78, 5) is 34.7. The number of carbonyl (C=O) groups excluding carboxylic acids is 1. The number of fused-ring (bicyclic) bond motifs is 1. The Kier molecular flexibility index (Phi) is 10.2. The molecular weight excluding hydrogens is 762 g/mol. The number of piperidine rings is 1. The largest absolute Gasteiger partial charge is 0.494 e. The third-order valence-electron chi connectivity index (χ3n) is 9.63. The van der Waals surface area contributed by atoms with Crippen LogP contribution in [0.4, 0.5) is 39.3 Å². The molecule has 5 aromatic rings. The Balaban J connectivity index is 1.04. The second-order valence-corrected chi connectivity index (χ2v) is 15.9. The lowest BCUT2D eigenvalue weighted by Crippen LogP contribution is -2.62. The van der Waals surface area contributed by atoms with Gasteiger partial charge in [0.05, 0.1) is 40.4 Å². The maximum Gasteiger partial charge on any atom is 0.410 e. The number of aromatic nitrogens is 4. The van der Waals surface area contributed by atoms with Crippen LogP contribution in [0.15, 0.2) is 77.7 Å². The van der Waals surface area contributed by atoms with Gasteiger partial charge < -0.3 is 29.9 Å². The smallest absolute Gasteiger partial charge is 0.410 e. The van der Waals surface area contributed by atoms with Crippen molar-refractivity contribution < 1.29 is 22.7 Å². The summed E-state index contributed by atoms with van der Waals surface area (Å²) < 4.78 is 39.1. The average Bonchev–Trinajstić information content (AvgIpc) is 3.15. The van der Waals surface area contributed by atoms with Crippen molar-refractivity contribution in [1.29, 1.82) is 0 Å². The Hall–Kier alpha value is -5.22. The van der Waals surface area contributed by atoms with Crippen LogP contribution in [-0.4, -0.2) is 78.9 Å². The second-order valence-electron chi connectivity index (χ2n) is 13.3. The maximum absolute atomic E-state index is 12.7. The number of nitrogens with one attached hydrogen (secondary N) is 3. The van der Waals surface area contributed by atoms with Crippen molar-refractivity contribution in [3.05, 3.63) is 88.8 Å². The van der Waals surface area contributed by atoms with E-state index in [1.807, 2.05) is 35.2 Å². The first-order valence-corrected chi connectivity index (χ1v) is 19.9. The monoisotopic (exact) mass is 801 g/mol. The van der Waals surface area contributed by atoms with Gasteiger partial charge in [-0.1, -0.05) is 37.3 Å². The van der Waals surface area contributed by atoms with E-state index >= 15 is 0 Å². The van der Waals surface area contributed by atoms with Gasteiger partial charge in [-0.05, 0) is 64.5 Å². The number of likely N-dealkylation sites (tertiary alicyclic amines) is 1. The van der Waals surface area contributed by atoms with Crippen molar-refractivity contribution in [3.63, 3.8) is 0 Å². The maximum atomic E-state index is 12.7. The molecule has 2 saturated heterocycles. The van der Waals surface area contributed by atoms with E-state index in [2.05, 4.69) is 70.2 Å². The number of rotatable bonds is 11. The first kappa shape index (κ1) is 36.2. The van der Waals surface area contributed by atoms with Gasteiger partial charge in [0.25, 0.3) is 0 Å². The number of aryl methyl sites for hydroxylation is 1. The molecule has 0 unspecified atom stereocenters. The molecule has 53 heavy (non-hydrogen) atoms. The number of halogens is 1. The molecule has 0 saturated carbocycles. The molecule has 1 spiro atoms. The molecule has 0 radical (unpaired) electrons. The highest BCUT2D eigenvalue weighted by Gasteiger charge is 2.47. The molecule has 16 heteroatoms. The molecule has 14 nitrogen and oxygen atoms in total. The predicted octanol–water partition coefficient (Wildman–Crippen LogP) is 6.85. The molecule has 0 bridgehead atoms. The third-order valence-corrected chi connectivity index (χ3v) is 10.8. The fourth-order valence-electron chi connectivity index (χ4n) is 6.89. The molecule has 3 aromatic carbocycles. The van der Waals surface area contributed by atoms with Crippen LogP contribution in [0.25, 0.3) is 11.0 Å². The highest BCUT2D eigenvalue weighted by atomic mass is 79.9. The molecule has 2 fully saturated rings. The van der Waals surface area contributed by atoms with Gasteiger partial charge in [-0.2, -0.15) is 4.98 Å². The van der Waals surface area contributed by atoms with E-state index in [1.54, 1.807) is 31.6 Å². The minimum atomic E-state index is -3.64. The van der Waals surface area contributed by atoms with E-state index < -0.39 is 10.0 Å². The first-order chi connectivity index (χ1) is 25.5.